The summed E-state index contributed by atoms with van der Waals surface area (Å²) in [4.78, 5) is 4.12. The second kappa shape index (κ2) is 5.27. The van der Waals surface area contributed by atoms with E-state index in [0.29, 0.717) is 11.4 Å². The molecule has 0 radical (unpaired) electrons. The maximum atomic E-state index is 12.1. The van der Waals surface area contributed by atoms with Gasteiger partial charge in [-0.2, -0.15) is 0 Å². The lowest BCUT2D eigenvalue weighted by atomic mass is 10.3. The van der Waals surface area contributed by atoms with Gasteiger partial charge in [0, 0.05) is 6.20 Å². The van der Waals surface area contributed by atoms with Crippen molar-refractivity contribution in [1.29, 1.82) is 0 Å². The highest BCUT2D eigenvalue weighted by atomic mass is 32.2. The van der Waals surface area contributed by atoms with E-state index >= 15 is 0 Å². The lowest BCUT2D eigenvalue weighted by Crippen LogP contribution is -2.13. The van der Waals surface area contributed by atoms with Crippen molar-refractivity contribution < 1.29 is 13.2 Å². The molecule has 0 bridgehead atoms. The van der Waals surface area contributed by atoms with Crippen molar-refractivity contribution in [2.24, 2.45) is 0 Å². The van der Waals surface area contributed by atoms with Crippen LogP contribution in [0.3, 0.4) is 0 Å². The van der Waals surface area contributed by atoms with Crippen LogP contribution in [0.4, 0.5) is 5.69 Å². The topological polar surface area (TPSA) is 68.3 Å². The summed E-state index contributed by atoms with van der Waals surface area (Å²) in [5, 5.41) is 0. The first-order valence-electron chi connectivity index (χ1n) is 5.60. The Bertz CT molecular complexity index is 667. The molecule has 6 heteroatoms. The quantitative estimate of drug-likeness (QED) is 0.931. The number of pyridine rings is 1. The van der Waals surface area contributed by atoms with Gasteiger partial charge in [-0.25, -0.2) is 8.42 Å². The van der Waals surface area contributed by atoms with Crippen molar-refractivity contribution in [2.45, 2.75) is 11.8 Å². The van der Waals surface area contributed by atoms with Gasteiger partial charge in [-0.1, -0.05) is 0 Å². The molecule has 0 amide bonds. The highest BCUT2D eigenvalue weighted by Crippen LogP contribution is 2.18. The molecule has 1 N–H and O–H groups in total. The van der Waals surface area contributed by atoms with E-state index in [0.717, 1.165) is 5.56 Å². The summed E-state index contributed by atoms with van der Waals surface area (Å²) in [6, 6.07) is 7.90. The lowest BCUT2D eigenvalue weighted by Gasteiger charge is -2.08. The second-order valence-corrected chi connectivity index (χ2v) is 5.71. The number of aryl methyl sites for hydroxylation is 1. The van der Waals surface area contributed by atoms with E-state index in [1.165, 1.54) is 25.4 Å². The van der Waals surface area contributed by atoms with E-state index in [1.807, 2.05) is 6.92 Å². The van der Waals surface area contributed by atoms with Crippen LogP contribution >= 0.6 is 0 Å². The molecule has 100 valence electrons. The molecule has 0 atom stereocenters. The smallest absolute Gasteiger partial charge is 0.261 e. The first kappa shape index (κ1) is 13.4. The molecule has 19 heavy (non-hydrogen) atoms. The Morgan fingerprint density at radius 3 is 2.42 bits per heavy atom. The zero-order valence-corrected chi connectivity index (χ0v) is 11.4. The van der Waals surface area contributed by atoms with Crippen molar-refractivity contribution >= 4 is 15.7 Å². The van der Waals surface area contributed by atoms with Gasteiger partial charge in [-0.05, 0) is 42.8 Å². The monoisotopic (exact) mass is 278 g/mol. The number of ether oxygens (including phenoxy) is 1. The summed E-state index contributed by atoms with van der Waals surface area (Å²) >= 11 is 0. The van der Waals surface area contributed by atoms with E-state index in [2.05, 4.69) is 9.71 Å². The molecule has 0 aliphatic rings. The third kappa shape index (κ3) is 3.23. The third-order valence-corrected chi connectivity index (χ3v) is 3.89. The number of methoxy groups -OCH3 is 1. The Kier molecular flexibility index (Phi) is 3.71. The number of anilines is 1. The number of rotatable bonds is 4. The molecule has 5 nitrogen and oxygen atoms in total. The van der Waals surface area contributed by atoms with Gasteiger partial charge in [-0.3, -0.25) is 9.71 Å². The number of nitrogens with one attached hydrogen (secondary N) is 1. The minimum atomic E-state index is -3.60. The van der Waals surface area contributed by atoms with Crippen molar-refractivity contribution in [1.82, 2.24) is 4.98 Å². The van der Waals surface area contributed by atoms with Crippen LogP contribution in [-0.2, 0) is 10.0 Å². The Hall–Kier alpha value is -2.08. The normalized spacial score (nSPS) is 11.1. The molecule has 0 aliphatic heterocycles. The van der Waals surface area contributed by atoms with E-state index in [9.17, 15) is 8.42 Å². The van der Waals surface area contributed by atoms with Gasteiger partial charge in [-0.15, -0.1) is 0 Å². The van der Waals surface area contributed by atoms with Gasteiger partial charge in [0.2, 0.25) is 0 Å². The van der Waals surface area contributed by atoms with E-state index < -0.39 is 10.0 Å². The van der Waals surface area contributed by atoms with E-state index in [1.54, 1.807) is 24.4 Å². The fourth-order valence-corrected chi connectivity index (χ4v) is 2.61. The standard InChI is InChI=1S/C13H14N2O3S/c1-10-7-11(9-14-8-10)15-19(16,17)13-5-3-12(18-2)4-6-13/h3-9,15H,1-2H3. The molecular weight excluding hydrogens is 264 g/mol. The fraction of sp³-hybridized carbons (Fsp3) is 0.154. The zero-order valence-electron chi connectivity index (χ0n) is 10.6. The summed E-state index contributed by atoms with van der Waals surface area (Å²) < 4.78 is 31.7. The van der Waals surface area contributed by atoms with Gasteiger partial charge in [0.15, 0.2) is 0 Å². The van der Waals surface area contributed by atoms with Gasteiger partial charge in [0.1, 0.15) is 5.75 Å². The van der Waals surface area contributed by atoms with Gasteiger partial charge in [0.25, 0.3) is 10.0 Å². The predicted octanol–water partition coefficient (Wildman–Crippen LogP) is 2.20. The number of benzene rings is 1. The van der Waals surface area contributed by atoms with Crippen molar-refractivity contribution in [3.8, 4) is 5.75 Å². The van der Waals surface area contributed by atoms with Crippen LogP contribution in [-0.4, -0.2) is 20.5 Å². The first-order valence-corrected chi connectivity index (χ1v) is 7.08. The molecule has 0 saturated heterocycles. The van der Waals surface area contributed by atoms with Gasteiger partial charge in [0.05, 0.1) is 23.9 Å². The summed E-state index contributed by atoms with van der Waals surface area (Å²) in [5.74, 6) is 0.608. The minimum absolute atomic E-state index is 0.176. The van der Waals surface area contributed by atoms with Gasteiger partial charge < -0.3 is 4.74 Å². The number of aromatic nitrogens is 1. The fourth-order valence-electron chi connectivity index (χ4n) is 1.58. The van der Waals surface area contributed by atoms with E-state index in [-0.39, 0.29) is 4.90 Å². The van der Waals surface area contributed by atoms with Crippen LogP contribution in [0.1, 0.15) is 5.56 Å². The lowest BCUT2D eigenvalue weighted by molar-refractivity contribution is 0.414. The van der Waals surface area contributed by atoms with Crippen LogP contribution in [0.5, 0.6) is 5.75 Å². The summed E-state index contributed by atoms with van der Waals surface area (Å²) in [5.41, 5.74) is 1.32. The Balaban J connectivity index is 2.27. The Morgan fingerprint density at radius 2 is 1.84 bits per heavy atom. The average molecular weight is 278 g/mol. The van der Waals surface area contributed by atoms with Crippen molar-refractivity contribution in [3.63, 3.8) is 0 Å². The molecule has 0 aliphatic carbocycles. The molecule has 0 unspecified atom stereocenters. The third-order valence-electron chi connectivity index (χ3n) is 2.50. The second-order valence-electron chi connectivity index (χ2n) is 4.03. The van der Waals surface area contributed by atoms with Crippen LogP contribution in [0.25, 0.3) is 0 Å². The number of hydrogen-bond donors (Lipinski definition) is 1. The molecule has 1 aromatic carbocycles. The maximum Gasteiger partial charge on any atom is 0.261 e. The number of hydrogen-bond acceptors (Lipinski definition) is 4. The van der Waals surface area contributed by atoms with Crippen LogP contribution < -0.4 is 9.46 Å². The zero-order chi connectivity index (χ0) is 13.9. The van der Waals surface area contributed by atoms with E-state index in [4.69, 9.17) is 4.74 Å². The molecule has 2 rings (SSSR count). The largest absolute Gasteiger partial charge is 0.497 e. The molecule has 0 fully saturated rings. The number of sulfonamides is 1. The summed E-state index contributed by atoms with van der Waals surface area (Å²) in [7, 11) is -2.07. The van der Waals surface area contributed by atoms with Crippen molar-refractivity contribution in [2.75, 3.05) is 11.8 Å². The molecule has 0 spiro atoms. The molecular formula is C13H14N2O3S. The average Bonchev–Trinajstić information content (AvgIpc) is 2.38. The van der Waals surface area contributed by atoms with Gasteiger partial charge >= 0.3 is 0 Å². The molecule has 1 heterocycles. The van der Waals surface area contributed by atoms with Crippen LogP contribution in [0, 0.1) is 6.92 Å². The highest BCUT2D eigenvalue weighted by Gasteiger charge is 2.14. The molecule has 2 aromatic rings. The Morgan fingerprint density at radius 1 is 1.16 bits per heavy atom. The van der Waals surface area contributed by atoms with Crippen molar-refractivity contribution in [3.05, 3.63) is 48.3 Å². The maximum absolute atomic E-state index is 12.1. The van der Waals surface area contributed by atoms with Crippen LogP contribution in [0.2, 0.25) is 0 Å². The SMILES string of the molecule is COc1ccc(S(=O)(=O)Nc2cncc(C)c2)cc1. The predicted molar refractivity (Wildman–Crippen MR) is 72.8 cm³/mol. The summed E-state index contributed by atoms with van der Waals surface area (Å²) in [6.07, 6.45) is 3.12. The first-order chi connectivity index (χ1) is 9.01. The highest BCUT2D eigenvalue weighted by molar-refractivity contribution is 7.92. The minimum Gasteiger partial charge on any atom is -0.497 e. The van der Waals surface area contributed by atoms with Crippen LogP contribution in [0.15, 0.2) is 47.6 Å². The molecule has 1 aromatic heterocycles. The Labute approximate surface area is 112 Å². The molecule has 0 saturated carbocycles. The number of nitrogens with zero attached hydrogens (tertiary/aromatic N) is 1. The summed E-state index contributed by atoms with van der Waals surface area (Å²) in [6.45, 7) is 1.85.